The Balaban J connectivity index is 1.80. The van der Waals surface area contributed by atoms with E-state index in [-0.39, 0.29) is 18.4 Å². The van der Waals surface area contributed by atoms with E-state index in [9.17, 15) is 9.59 Å². The van der Waals surface area contributed by atoms with Crippen molar-refractivity contribution < 1.29 is 14.2 Å². The summed E-state index contributed by atoms with van der Waals surface area (Å²) in [6.07, 6.45) is 1.84. The number of carbonyl (C=O) groups is 2. The number of para-hydroxylation sites is 2. The van der Waals surface area contributed by atoms with Gasteiger partial charge in [0.15, 0.2) is 6.20 Å². The SMILES string of the molecule is Cc1cccc(C)c1NC(=O)C1c2cccc[n+]2CC(=O)N1c1ccccc1. The standard InChI is InChI=1S/C23H21N3O2/c1-16-9-8-10-17(2)21(16)24-23(28)22-19-13-6-7-14-25(19)15-20(27)26(22)18-11-4-3-5-12-18/h3-14,22H,15H2,1-2H3/p+1. The third-order valence-electron chi connectivity index (χ3n) is 5.10. The molecule has 0 radical (unpaired) electrons. The summed E-state index contributed by atoms with van der Waals surface area (Å²) in [6.45, 7) is 4.14. The summed E-state index contributed by atoms with van der Waals surface area (Å²) in [6, 6.07) is 20.2. The average Bonchev–Trinajstić information content (AvgIpc) is 2.70. The highest BCUT2D eigenvalue weighted by atomic mass is 16.2. The van der Waals surface area contributed by atoms with E-state index in [0.29, 0.717) is 5.69 Å². The lowest BCUT2D eigenvalue weighted by Crippen LogP contribution is -2.58. The van der Waals surface area contributed by atoms with Gasteiger partial charge < -0.3 is 5.32 Å². The quantitative estimate of drug-likeness (QED) is 0.717. The Bertz CT molecular complexity index is 1030. The lowest BCUT2D eigenvalue weighted by molar-refractivity contribution is -0.695. The van der Waals surface area contributed by atoms with Gasteiger partial charge in [-0.05, 0) is 37.1 Å². The van der Waals surface area contributed by atoms with Crippen molar-refractivity contribution in [1.82, 2.24) is 0 Å². The Morgan fingerprint density at radius 1 is 0.964 bits per heavy atom. The van der Waals surface area contributed by atoms with Crippen molar-refractivity contribution in [2.45, 2.75) is 26.4 Å². The first-order chi connectivity index (χ1) is 13.6. The molecule has 140 valence electrons. The van der Waals surface area contributed by atoms with Crippen LogP contribution in [0.1, 0.15) is 22.9 Å². The van der Waals surface area contributed by atoms with Crippen molar-refractivity contribution in [2.75, 3.05) is 10.2 Å². The zero-order valence-electron chi connectivity index (χ0n) is 15.9. The van der Waals surface area contributed by atoms with Gasteiger partial charge in [-0.1, -0.05) is 42.5 Å². The number of benzene rings is 2. The lowest BCUT2D eigenvalue weighted by atomic mass is 10.0. The minimum atomic E-state index is -0.746. The first-order valence-corrected chi connectivity index (χ1v) is 9.29. The van der Waals surface area contributed by atoms with Crippen LogP contribution in [0, 0.1) is 13.8 Å². The van der Waals surface area contributed by atoms with Gasteiger partial charge in [-0.15, -0.1) is 0 Å². The minimum absolute atomic E-state index is 0.114. The fourth-order valence-corrected chi connectivity index (χ4v) is 3.72. The van der Waals surface area contributed by atoms with Crippen LogP contribution >= 0.6 is 0 Å². The fourth-order valence-electron chi connectivity index (χ4n) is 3.72. The first kappa shape index (κ1) is 17.9. The number of hydrogen-bond donors (Lipinski definition) is 1. The Kier molecular flexibility index (Phi) is 4.65. The number of fused-ring (bicyclic) bond motifs is 1. The maximum absolute atomic E-state index is 13.4. The van der Waals surface area contributed by atoms with Gasteiger partial charge in [-0.25, -0.2) is 0 Å². The molecular formula is C23H22N3O2+. The van der Waals surface area contributed by atoms with Gasteiger partial charge in [-0.2, -0.15) is 4.57 Å². The molecule has 3 aromatic rings. The van der Waals surface area contributed by atoms with E-state index in [1.54, 1.807) is 4.90 Å². The van der Waals surface area contributed by atoms with Gasteiger partial charge in [0.25, 0.3) is 11.8 Å². The number of nitrogens with one attached hydrogen (secondary N) is 1. The molecule has 0 bridgehead atoms. The lowest BCUT2D eigenvalue weighted by Gasteiger charge is -2.32. The molecule has 1 N–H and O–H groups in total. The summed E-state index contributed by atoms with van der Waals surface area (Å²) >= 11 is 0. The molecule has 5 nitrogen and oxygen atoms in total. The predicted molar refractivity (Wildman–Crippen MR) is 108 cm³/mol. The van der Waals surface area contributed by atoms with Gasteiger partial charge in [0.05, 0.1) is 0 Å². The Morgan fingerprint density at radius 2 is 1.64 bits per heavy atom. The molecule has 0 aliphatic carbocycles. The molecule has 28 heavy (non-hydrogen) atoms. The van der Waals surface area contributed by atoms with Crippen molar-refractivity contribution in [3.8, 4) is 0 Å². The molecule has 1 unspecified atom stereocenters. The predicted octanol–water partition coefficient (Wildman–Crippen LogP) is 3.32. The van der Waals surface area contributed by atoms with E-state index >= 15 is 0 Å². The molecule has 0 saturated carbocycles. The summed E-state index contributed by atoms with van der Waals surface area (Å²) in [7, 11) is 0. The normalized spacial score (nSPS) is 15.9. The largest absolute Gasteiger partial charge is 0.323 e. The summed E-state index contributed by atoms with van der Waals surface area (Å²) < 4.78 is 1.84. The third-order valence-corrected chi connectivity index (χ3v) is 5.10. The van der Waals surface area contributed by atoms with Gasteiger partial charge in [0.2, 0.25) is 18.3 Å². The summed E-state index contributed by atoms with van der Waals surface area (Å²) in [5, 5.41) is 3.06. The van der Waals surface area contributed by atoms with Crippen LogP contribution in [0.2, 0.25) is 0 Å². The highest BCUT2D eigenvalue weighted by molar-refractivity contribution is 6.05. The van der Waals surface area contributed by atoms with Gasteiger partial charge in [-0.3, -0.25) is 14.5 Å². The van der Waals surface area contributed by atoms with Gasteiger partial charge in [0, 0.05) is 23.5 Å². The van der Waals surface area contributed by atoms with E-state index in [1.165, 1.54) is 0 Å². The van der Waals surface area contributed by atoms with Crippen molar-refractivity contribution in [3.05, 3.63) is 89.7 Å². The third kappa shape index (κ3) is 3.16. The molecule has 1 atom stereocenters. The molecule has 2 amide bonds. The number of hydrogen-bond acceptors (Lipinski definition) is 2. The fraction of sp³-hybridized carbons (Fsp3) is 0.174. The second-order valence-electron chi connectivity index (χ2n) is 7.01. The molecular weight excluding hydrogens is 350 g/mol. The number of aryl methyl sites for hydroxylation is 2. The Labute approximate surface area is 164 Å². The summed E-state index contributed by atoms with van der Waals surface area (Å²) in [5.41, 5.74) is 4.27. The number of aromatic nitrogens is 1. The van der Waals surface area contributed by atoms with Gasteiger partial charge >= 0.3 is 0 Å². The zero-order chi connectivity index (χ0) is 19.7. The molecule has 1 aromatic heterocycles. The zero-order valence-corrected chi connectivity index (χ0v) is 15.9. The molecule has 2 heterocycles. The van der Waals surface area contributed by atoms with Gasteiger partial charge in [0.1, 0.15) is 0 Å². The van der Waals surface area contributed by atoms with Crippen molar-refractivity contribution in [1.29, 1.82) is 0 Å². The second kappa shape index (κ2) is 7.27. The van der Waals surface area contributed by atoms with Crippen LogP contribution in [0.3, 0.4) is 0 Å². The number of nitrogens with zero attached hydrogens (tertiary/aromatic N) is 2. The monoisotopic (exact) mass is 372 g/mol. The minimum Gasteiger partial charge on any atom is -0.323 e. The van der Waals surface area contributed by atoms with Crippen LogP contribution in [-0.4, -0.2) is 11.8 Å². The number of anilines is 2. The maximum atomic E-state index is 13.4. The summed E-state index contributed by atoms with van der Waals surface area (Å²) in [4.78, 5) is 28.0. The molecule has 0 fully saturated rings. The Hall–Kier alpha value is -3.47. The number of rotatable bonds is 3. The van der Waals surface area contributed by atoms with Crippen LogP contribution in [0.25, 0.3) is 0 Å². The molecule has 0 spiro atoms. The topological polar surface area (TPSA) is 53.3 Å². The molecule has 2 aromatic carbocycles. The highest BCUT2D eigenvalue weighted by Gasteiger charge is 2.43. The van der Waals surface area contributed by atoms with E-state index in [2.05, 4.69) is 5.32 Å². The highest BCUT2D eigenvalue weighted by Crippen LogP contribution is 2.30. The molecule has 1 aliphatic rings. The van der Waals surface area contributed by atoms with Crippen LogP contribution in [0.4, 0.5) is 11.4 Å². The van der Waals surface area contributed by atoms with Crippen LogP contribution in [0.15, 0.2) is 72.9 Å². The van der Waals surface area contributed by atoms with Crippen molar-refractivity contribution in [3.63, 3.8) is 0 Å². The molecule has 5 heteroatoms. The van der Waals surface area contributed by atoms with Crippen LogP contribution in [0.5, 0.6) is 0 Å². The van der Waals surface area contributed by atoms with Crippen molar-refractivity contribution in [2.24, 2.45) is 0 Å². The van der Waals surface area contributed by atoms with E-state index in [1.807, 2.05) is 91.3 Å². The first-order valence-electron chi connectivity index (χ1n) is 9.29. The number of amides is 2. The number of carbonyl (C=O) groups excluding carboxylic acids is 2. The van der Waals surface area contributed by atoms with Crippen molar-refractivity contribution >= 4 is 23.2 Å². The smallest absolute Gasteiger partial charge is 0.294 e. The maximum Gasteiger partial charge on any atom is 0.294 e. The summed E-state index contributed by atoms with van der Waals surface area (Å²) in [5.74, 6) is -0.342. The second-order valence-corrected chi connectivity index (χ2v) is 7.01. The van der Waals surface area contributed by atoms with E-state index in [0.717, 1.165) is 22.5 Å². The number of pyridine rings is 1. The average molecular weight is 372 g/mol. The van der Waals surface area contributed by atoms with E-state index < -0.39 is 6.04 Å². The van der Waals surface area contributed by atoms with Crippen LogP contribution < -0.4 is 14.8 Å². The molecule has 1 aliphatic heterocycles. The van der Waals surface area contributed by atoms with E-state index in [4.69, 9.17) is 0 Å². The molecule has 4 rings (SSSR count). The molecule has 0 saturated heterocycles. The van der Waals surface area contributed by atoms with Crippen LogP contribution in [-0.2, 0) is 16.1 Å². The Morgan fingerprint density at radius 3 is 2.36 bits per heavy atom.